The number of H-pyrrole nitrogens is 1. The number of aromatic amines is 1. The van der Waals surface area contributed by atoms with Gasteiger partial charge in [0, 0.05) is 17.3 Å². The summed E-state index contributed by atoms with van der Waals surface area (Å²) in [5.74, 6) is 0.676. The summed E-state index contributed by atoms with van der Waals surface area (Å²) >= 11 is 7.67. The lowest BCUT2D eigenvalue weighted by Gasteiger charge is -2.06. The van der Waals surface area contributed by atoms with Gasteiger partial charge >= 0.3 is 5.69 Å². The zero-order valence-electron chi connectivity index (χ0n) is 12.4. The molecule has 0 saturated carbocycles. The minimum atomic E-state index is -0.178. The number of rotatable bonds is 6. The zero-order chi connectivity index (χ0) is 16.1. The van der Waals surface area contributed by atoms with Crippen LogP contribution < -0.4 is 5.69 Å². The van der Waals surface area contributed by atoms with Crippen LogP contribution in [-0.4, -0.2) is 14.8 Å². The van der Waals surface area contributed by atoms with E-state index in [-0.39, 0.29) is 5.69 Å². The molecule has 118 valence electrons. The number of aryl methyl sites for hydroxylation is 1. The minimum absolute atomic E-state index is 0.178. The second-order valence-corrected chi connectivity index (χ2v) is 6.43. The molecule has 0 aliphatic heterocycles. The number of thioether (sulfide) groups is 1. The van der Waals surface area contributed by atoms with Crippen molar-refractivity contribution in [2.45, 2.75) is 23.9 Å². The van der Waals surface area contributed by atoms with Gasteiger partial charge in [0.25, 0.3) is 0 Å². The lowest BCUT2D eigenvalue weighted by atomic mass is 10.1. The van der Waals surface area contributed by atoms with Crippen molar-refractivity contribution < 1.29 is 0 Å². The normalized spacial score (nSPS) is 10.8. The van der Waals surface area contributed by atoms with E-state index in [1.54, 1.807) is 4.57 Å². The smallest absolute Gasteiger partial charge is 0.270 e. The highest BCUT2D eigenvalue weighted by molar-refractivity contribution is 7.98. The van der Waals surface area contributed by atoms with Crippen molar-refractivity contribution in [3.63, 3.8) is 0 Å². The van der Waals surface area contributed by atoms with Gasteiger partial charge < -0.3 is 0 Å². The highest BCUT2D eigenvalue weighted by Gasteiger charge is 2.10. The van der Waals surface area contributed by atoms with Gasteiger partial charge in [-0.05, 0) is 23.6 Å². The van der Waals surface area contributed by atoms with Crippen molar-refractivity contribution >= 4 is 23.4 Å². The average Bonchev–Trinajstić information content (AvgIpc) is 2.93. The van der Waals surface area contributed by atoms with Gasteiger partial charge in [-0.15, -0.1) is 5.10 Å². The van der Waals surface area contributed by atoms with E-state index in [0.29, 0.717) is 17.5 Å². The van der Waals surface area contributed by atoms with Crippen LogP contribution in [0.1, 0.15) is 11.1 Å². The van der Waals surface area contributed by atoms with Crippen molar-refractivity contribution in [2.75, 3.05) is 0 Å². The average molecular weight is 346 g/mol. The Labute approximate surface area is 143 Å². The van der Waals surface area contributed by atoms with Gasteiger partial charge in [0.1, 0.15) is 0 Å². The summed E-state index contributed by atoms with van der Waals surface area (Å²) in [5, 5.41) is 8.06. The minimum Gasteiger partial charge on any atom is -0.270 e. The first-order chi connectivity index (χ1) is 11.2. The fourth-order valence-electron chi connectivity index (χ4n) is 2.25. The number of nitrogens with one attached hydrogen (secondary N) is 1. The molecular weight excluding hydrogens is 330 g/mol. The Hall–Kier alpha value is -1.98. The fourth-order valence-corrected chi connectivity index (χ4v) is 3.51. The maximum Gasteiger partial charge on any atom is 0.343 e. The van der Waals surface area contributed by atoms with Crippen LogP contribution in [0, 0.1) is 0 Å². The number of nitrogens with zero attached hydrogens (tertiary/aromatic N) is 2. The van der Waals surface area contributed by atoms with E-state index >= 15 is 0 Å². The van der Waals surface area contributed by atoms with Crippen LogP contribution in [0.15, 0.2) is 64.5 Å². The molecule has 2 aromatic carbocycles. The van der Waals surface area contributed by atoms with E-state index in [1.165, 1.54) is 17.3 Å². The van der Waals surface area contributed by atoms with Crippen LogP contribution in [-0.2, 0) is 18.7 Å². The molecule has 0 spiro atoms. The number of benzene rings is 2. The second-order valence-electron chi connectivity index (χ2n) is 5.08. The summed E-state index contributed by atoms with van der Waals surface area (Å²) in [6, 6.07) is 17.8. The molecule has 4 nitrogen and oxygen atoms in total. The van der Waals surface area contributed by atoms with Crippen molar-refractivity contribution in [2.24, 2.45) is 0 Å². The maximum absolute atomic E-state index is 11.9. The molecule has 3 aromatic rings. The van der Waals surface area contributed by atoms with Gasteiger partial charge in [0.2, 0.25) is 0 Å². The Balaban J connectivity index is 1.69. The van der Waals surface area contributed by atoms with Crippen LogP contribution in [0.5, 0.6) is 0 Å². The predicted molar refractivity (Wildman–Crippen MR) is 94.0 cm³/mol. The van der Waals surface area contributed by atoms with Gasteiger partial charge in [-0.2, -0.15) is 0 Å². The Kier molecular flexibility index (Phi) is 5.20. The highest BCUT2D eigenvalue weighted by Crippen LogP contribution is 2.24. The van der Waals surface area contributed by atoms with Crippen LogP contribution in [0.25, 0.3) is 0 Å². The topological polar surface area (TPSA) is 50.7 Å². The number of hydrogen-bond acceptors (Lipinski definition) is 3. The van der Waals surface area contributed by atoms with Crippen LogP contribution in [0.4, 0.5) is 0 Å². The molecule has 0 unspecified atom stereocenters. The largest absolute Gasteiger partial charge is 0.343 e. The summed E-state index contributed by atoms with van der Waals surface area (Å²) in [7, 11) is 0. The van der Waals surface area contributed by atoms with Gasteiger partial charge in [0.05, 0.1) is 0 Å². The van der Waals surface area contributed by atoms with Crippen molar-refractivity contribution in [3.8, 4) is 0 Å². The lowest BCUT2D eigenvalue weighted by Crippen LogP contribution is -2.18. The van der Waals surface area contributed by atoms with Gasteiger partial charge in [-0.25, -0.2) is 9.89 Å². The Morgan fingerprint density at radius 1 is 1.09 bits per heavy atom. The molecule has 0 atom stereocenters. The number of hydrogen-bond donors (Lipinski definition) is 1. The van der Waals surface area contributed by atoms with Crippen LogP contribution in [0.2, 0.25) is 5.02 Å². The molecule has 0 amide bonds. The third kappa shape index (κ3) is 4.06. The first kappa shape index (κ1) is 15.9. The predicted octanol–water partition coefficient (Wildman–Crippen LogP) is 3.76. The summed E-state index contributed by atoms with van der Waals surface area (Å²) in [6.45, 7) is 0.601. The summed E-state index contributed by atoms with van der Waals surface area (Å²) in [5.41, 5.74) is 2.05. The molecule has 3 rings (SSSR count). The van der Waals surface area contributed by atoms with E-state index < -0.39 is 0 Å². The Morgan fingerprint density at radius 2 is 1.83 bits per heavy atom. The first-order valence-electron chi connectivity index (χ1n) is 7.29. The van der Waals surface area contributed by atoms with Gasteiger partial charge in [-0.1, -0.05) is 71.9 Å². The standard InChI is InChI=1S/C17H16ClN3OS/c18-15-9-5-4-8-14(15)12-23-17-20-19-16(22)21(17)11-10-13-6-2-1-3-7-13/h1-9H,10-12H2,(H,19,22). The molecule has 0 fully saturated rings. The number of halogens is 1. The fraction of sp³-hybridized carbons (Fsp3) is 0.176. The number of aromatic nitrogens is 3. The monoisotopic (exact) mass is 345 g/mol. The third-order valence-electron chi connectivity index (χ3n) is 3.50. The van der Waals surface area contributed by atoms with Crippen molar-refractivity contribution in [1.29, 1.82) is 0 Å². The first-order valence-corrected chi connectivity index (χ1v) is 8.66. The van der Waals surface area contributed by atoms with Crippen molar-refractivity contribution in [3.05, 3.63) is 81.2 Å². The maximum atomic E-state index is 11.9. The Morgan fingerprint density at radius 3 is 2.61 bits per heavy atom. The SMILES string of the molecule is O=c1[nH]nc(SCc2ccccc2Cl)n1CCc1ccccc1. The van der Waals surface area contributed by atoms with Crippen LogP contribution in [0.3, 0.4) is 0 Å². The van der Waals surface area contributed by atoms with Gasteiger partial charge in [-0.3, -0.25) is 4.57 Å². The van der Waals surface area contributed by atoms with Gasteiger partial charge in [0.15, 0.2) is 5.16 Å². The van der Waals surface area contributed by atoms with E-state index in [1.807, 2.05) is 42.5 Å². The van der Waals surface area contributed by atoms with E-state index in [4.69, 9.17) is 11.6 Å². The molecule has 6 heteroatoms. The Bertz CT molecular complexity index is 829. The van der Waals surface area contributed by atoms with E-state index in [0.717, 1.165) is 17.0 Å². The second kappa shape index (κ2) is 7.53. The summed E-state index contributed by atoms with van der Waals surface area (Å²) in [4.78, 5) is 11.9. The molecule has 23 heavy (non-hydrogen) atoms. The molecule has 0 aliphatic rings. The molecule has 1 aromatic heterocycles. The molecule has 1 N–H and O–H groups in total. The summed E-state index contributed by atoms with van der Waals surface area (Å²) in [6.07, 6.45) is 0.792. The highest BCUT2D eigenvalue weighted by atomic mass is 35.5. The molecule has 0 radical (unpaired) electrons. The molecule has 0 saturated heterocycles. The van der Waals surface area contributed by atoms with Crippen LogP contribution >= 0.6 is 23.4 Å². The van der Waals surface area contributed by atoms with E-state index in [2.05, 4.69) is 22.3 Å². The molecule has 0 aliphatic carbocycles. The van der Waals surface area contributed by atoms with E-state index in [9.17, 15) is 4.79 Å². The van der Waals surface area contributed by atoms with Crippen molar-refractivity contribution in [1.82, 2.24) is 14.8 Å². The molecule has 1 heterocycles. The quantitative estimate of drug-likeness (QED) is 0.692. The third-order valence-corrected chi connectivity index (χ3v) is 4.90. The molecule has 0 bridgehead atoms. The lowest BCUT2D eigenvalue weighted by molar-refractivity contribution is 0.616. The zero-order valence-corrected chi connectivity index (χ0v) is 14.0. The summed E-state index contributed by atoms with van der Waals surface area (Å²) < 4.78 is 1.68. The molecular formula is C17H16ClN3OS.